The number of rotatable bonds is 7. The summed E-state index contributed by atoms with van der Waals surface area (Å²) in [5.74, 6) is 1.16. The Hall–Kier alpha value is -3.07. The first-order chi connectivity index (χ1) is 15.0. The molecule has 1 aliphatic rings. The molecular formula is C22H29N5O4. The molecule has 1 fully saturated rings. The van der Waals surface area contributed by atoms with Crippen LogP contribution in [0.3, 0.4) is 0 Å². The van der Waals surface area contributed by atoms with Gasteiger partial charge in [0, 0.05) is 20.1 Å². The van der Waals surface area contributed by atoms with Crippen molar-refractivity contribution in [3.05, 3.63) is 51.2 Å². The number of hydrogen-bond acceptors (Lipinski definition) is 6. The highest BCUT2D eigenvalue weighted by Crippen LogP contribution is 2.23. The van der Waals surface area contributed by atoms with Gasteiger partial charge in [-0.25, -0.2) is 4.79 Å². The topological polar surface area (TPSA) is 103 Å². The first-order valence-electron chi connectivity index (χ1n) is 10.7. The molecule has 0 radical (unpaired) electrons. The van der Waals surface area contributed by atoms with Gasteiger partial charge >= 0.3 is 5.69 Å². The van der Waals surface area contributed by atoms with Crippen molar-refractivity contribution >= 4 is 17.1 Å². The van der Waals surface area contributed by atoms with E-state index in [-0.39, 0.29) is 19.2 Å². The second-order valence-corrected chi connectivity index (χ2v) is 8.18. The average Bonchev–Trinajstić information content (AvgIpc) is 3.14. The third kappa shape index (κ3) is 4.36. The van der Waals surface area contributed by atoms with Crippen molar-refractivity contribution in [1.82, 2.24) is 18.7 Å². The summed E-state index contributed by atoms with van der Waals surface area (Å²) in [5, 5.41) is 14.1. The summed E-state index contributed by atoms with van der Waals surface area (Å²) in [6.45, 7) is 0.185. The summed E-state index contributed by atoms with van der Waals surface area (Å²) in [6.07, 6.45) is 4.70. The third-order valence-electron chi connectivity index (χ3n) is 5.87. The van der Waals surface area contributed by atoms with Gasteiger partial charge in [0.25, 0.3) is 5.56 Å². The van der Waals surface area contributed by atoms with E-state index in [1.54, 1.807) is 11.6 Å². The molecule has 2 heterocycles. The van der Waals surface area contributed by atoms with E-state index in [0.29, 0.717) is 22.9 Å². The number of hydrogen-bond donors (Lipinski definition) is 2. The Morgan fingerprint density at radius 3 is 2.55 bits per heavy atom. The maximum Gasteiger partial charge on any atom is 0.332 e. The Bertz CT molecular complexity index is 1160. The average molecular weight is 428 g/mol. The lowest BCUT2D eigenvalue weighted by Gasteiger charge is -2.24. The molecule has 1 aliphatic carbocycles. The second kappa shape index (κ2) is 8.97. The number of benzene rings is 1. The lowest BCUT2D eigenvalue weighted by Crippen LogP contribution is -2.38. The lowest BCUT2D eigenvalue weighted by molar-refractivity contribution is 0.0937. The van der Waals surface area contributed by atoms with Crippen molar-refractivity contribution in [2.45, 2.75) is 50.8 Å². The maximum atomic E-state index is 12.9. The molecular weight excluding hydrogens is 398 g/mol. The fourth-order valence-electron chi connectivity index (χ4n) is 4.14. The molecule has 31 heavy (non-hydrogen) atoms. The Morgan fingerprint density at radius 2 is 1.84 bits per heavy atom. The van der Waals surface area contributed by atoms with E-state index in [1.807, 2.05) is 30.3 Å². The Kier molecular flexibility index (Phi) is 6.13. The summed E-state index contributed by atoms with van der Waals surface area (Å²) < 4.78 is 9.79. The van der Waals surface area contributed by atoms with E-state index >= 15 is 0 Å². The number of aromatic nitrogens is 4. The van der Waals surface area contributed by atoms with Crippen LogP contribution in [0.15, 0.2) is 39.9 Å². The minimum atomic E-state index is -0.869. The number of nitrogens with one attached hydrogen (secondary N) is 1. The van der Waals surface area contributed by atoms with Crippen molar-refractivity contribution in [2.24, 2.45) is 14.1 Å². The molecule has 2 N–H and O–H groups in total. The Balaban J connectivity index is 1.67. The number of aliphatic hydroxyl groups excluding tert-OH is 1. The number of imidazole rings is 1. The van der Waals surface area contributed by atoms with Crippen LogP contribution in [0.1, 0.15) is 32.1 Å². The zero-order valence-corrected chi connectivity index (χ0v) is 18.0. The highest BCUT2D eigenvalue weighted by Gasteiger charge is 2.23. The minimum Gasteiger partial charge on any atom is -0.491 e. The van der Waals surface area contributed by atoms with Gasteiger partial charge in [0.2, 0.25) is 5.95 Å². The van der Waals surface area contributed by atoms with Gasteiger partial charge < -0.3 is 19.7 Å². The van der Waals surface area contributed by atoms with Crippen molar-refractivity contribution in [2.75, 3.05) is 11.9 Å². The molecule has 1 saturated carbocycles. The molecule has 1 atom stereocenters. The standard InChI is InChI=1S/C22H29N5O4/c1-25-19-18(20(29)26(2)22(25)30)27(21(24-19)23-15-9-5-3-6-10-15)13-16(28)14-31-17-11-7-4-8-12-17/h4,7-8,11-12,15-16,28H,3,5-6,9-10,13-14H2,1-2H3,(H,23,24)/t16-/m1/s1. The van der Waals surface area contributed by atoms with Crippen LogP contribution in [0.2, 0.25) is 0 Å². The SMILES string of the molecule is Cn1c(=O)c2c(nc(NC3CCCCC3)n2C[C@@H](O)COc2ccccc2)n(C)c1=O. The largest absolute Gasteiger partial charge is 0.491 e. The molecule has 1 aromatic carbocycles. The summed E-state index contributed by atoms with van der Waals surface area (Å²) >= 11 is 0. The quantitative estimate of drug-likeness (QED) is 0.594. The van der Waals surface area contributed by atoms with Gasteiger partial charge in [-0.05, 0) is 25.0 Å². The van der Waals surface area contributed by atoms with Gasteiger partial charge in [0.05, 0.1) is 6.54 Å². The van der Waals surface area contributed by atoms with E-state index < -0.39 is 17.4 Å². The van der Waals surface area contributed by atoms with Crippen LogP contribution in [-0.4, -0.2) is 42.5 Å². The molecule has 0 amide bonds. The van der Waals surface area contributed by atoms with Crippen LogP contribution in [0.4, 0.5) is 5.95 Å². The number of aryl methyl sites for hydroxylation is 1. The third-order valence-corrected chi connectivity index (χ3v) is 5.87. The predicted octanol–water partition coefficient (Wildman–Crippen LogP) is 1.62. The van der Waals surface area contributed by atoms with E-state index in [9.17, 15) is 14.7 Å². The number of anilines is 1. The highest BCUT2D eigenvalue weighted by atomic mass is 16.5. The molecule has 3 aromatic rings. The summed E-state index contributed by atoms with van der Waals surface area (Å²) in [4.78, 5) is 29.9. The van der Waals surface area contributed by atoms with Gasteiger partial charge in [-0.15, -0.1) is 0 Å². The first kappa shape index (κ1) is 21.2. The molecule has 0 bridgehead atoms. The molecule has 0 aliphatic heterocycles. The van der Waals surface area contributed by atoms with Gasteiger partial charge in [0.1, 0.15) is 18.5 Å². The number of aliphatic hydroxyl groups is 1. The van der Waals surface area contributed by atoms with Crippen molar-refractivity contribution < 1.29 is 9.84 Å². The van der Waals surface area contributed by atoms with Crippen LogP contribution in [0, 0.1) is 0 Å². The molecule has 0 unspecified atom stereocenters. The van der Waals surface area contributed by atoms with Crippen LogP contribution in [-0.2, 0) is 20.6 Å². The smallest absolute Gasteiger partial charge is 0.332 e. The highest BCUT2D eigenvalue weighted by molar-refractivity contribution is 5.74. The van der Waals surface area contributed by atoms with Crippen LogP contribution in [0.5, 0.6) is 5.75 Å². The minimum absolute atomic E-state index is 0.0681. The lowest BCUT2D eigenvalue weighted by atomic mass is 9.96. The number of nitrogens with zero attached hydrogens (tertiary/aromatic N) is 4. The number of fused-ring (bicyclic) bond motifs is 1. The fraction of sp³-hybridized carbons (Fsp3) is 0.500. The first-order valence-corrected chi connectivity index (χ1v) is 10.7. The Labute approximate surface area is 179 Å². The summed E-state index contributed by atoms with van der Waals surface area (Å²) in [6, 6.07) is 9.51. The van der Waals surface area contributed by atoms with E-state index in [0.717, 1.165) is 30.3 Å². The fourth-order valence-corrected chi connectivity index (χ4v) is 4.14. The van der Waals surface area contributed by atoms with E-state index in [1.165, 1.54) is 18.0 Å². The van der Waals surface area contributed by atoms with E-state index in [2.05, 4.69) is 10.3 Å². The monoisotopic (exact) mass is 427 g/mol. The van der Waals surface area contributed by atoms with Crippen LogP contribution in [0.25, 0.3) is 11.2 Å². The Morgan fingerprint density at radius 1 is 1.13 bits per heavy atom. The number of para-hydroxylation sites is 1. The number of ether oxygens (including phenoxy) is 1. The molecule has 4 rings (SSSR count). The molecule has 0 spiro atoms. The van der Waals surface area contributed by atoms with Gasteiger partial charge in [-0.2, -0.15) is 4.98 Å². The normalized spacial score (nSPS) is 15.8. The molecule has 166 valence electrons. The molecule has 9 nitrogen and oxygen atoms in total. The van der Waals surface area contributed by atoms with Crippen LogP contribution >= 0.6 is 0 Å². The predicted molar refractivity (Wildman–Crippen MR) is 119 cm³/mol. The summed E-state index contributed by atoms with van der Waals surface area (Å²) in [7, 11) is 3.05. The maximum absolute atomic E-state index is 12.9. The molecule has 9 heteroatoms. The van der Waals surface area contributed by atoms with Crippen molar-refractivity contribution in [1.29, 1.82) is 0 Å². The van der Waals surface area contributed by atoms with Crippen molar-refractivity contribution in [3.63, 3.8) is 0 Å². The summed E-state index contributed by atoms with van der Waals surface area (Å²) in [5.41, 5.74) is -0.262. The zero-order valence-electron chi connectivity index (χ0n) is 18.0. The molecule has 2 aromatic heterocycles. The van der Waals surface area contributed by atoms with Gasteiger partial charge in [-0.3, -0.25) is 13.9 Å². The van der Waals surface area contributed by atoms with E-state index in [4.69, 9.17) is 4.74 Å². The van der Waals surface area contributed by atoms with Crippen molar-refractivity contribution in [3.8, 4) is 5.75 Å². The zero-order chi connectivity index (χ0) is 22.0. The van der Waals surface area contributed by atoms with Gasteiger partial charge in [0.15, 0.2) is 11.2 Å². The molecule has 0 saturated heterocycles. The second-order valence-electron chi connectivity index (χ2n) is 8.18. The van der Waals surface area contributed by atoms with Crippen LogP contribution < -0.4 is 21.3 Å². The van der Waals surface area contributed by atoms with Gasteiger partial charge in [-0.1, -0.05) is 37.5 Å².